The second kappa shape index (κ2) is 8.08. The predicted molar refractivity (Wildman–Crippen MR) is 86.1 cm³/mol. The number of hydrogen-bond acceptors (Lipinski definition) is 4. The number of rotatable bonds is 8. The molecule has 1 fully saturated rings. The summed E-state index contributed by atoms with van der Waals surface area (Å²) in [6.45, 7) is 4.04. The Kier molecular flexibility index (Phi) is 6.12. The van der Waals surface area contributed by atoms with Crippen molar-refractivity contribution in [3.8, 4) is 0 Å². The molecule has 1 aliphatic heterocycles. The van der Waals surface area contributed by atoms with Gasteiger partial charge in [0.1, 0.15) is 0 Å². The summed E-state index contributed by atoms with van der Waals surface area (Å²) >= 11 is 1.46. The molecule has 0 bridgehead atoms. The van der Waals surface area contributed by atoms with Gasteiger partial charge in [-0.15, -0.1) is 11.3 Å². The van der Waals surface area contributed by atoms with E-state index in [1.54, 1.807) is 0 Å². The van der Waals surface area contributed by atoms with Gasteiger partial charge in [-0.05, 0) is 31.9 Å². The molecule has 120 valence electrons. The fourth-order valence-electron chi connectivity index (χ4n) is 2.46. The molecule has 1 aliphatic rings. The summed E-state index contributed by atoms with van der Waals surface area (Å²) in [5.41, 5.74) is 0. The Bertz CT molecular complexity index is 553. The molecule has 0 aromatic carbocycles. The smallest absolute Gasteiger partial charge is 0.222 e. The van der Waals surface area contributed by atoms with Crippen LogP contribution in [0.5, 0.6) is 0 Å². The summed E-state index contributed by atoms with van der Waals surface area (Å²) in [5, 5.41) is 2.81. The quantitative estimate of drug-likeness (QED) is 0.589. The van der Waals surface area contributed by atoms with E-state index < -0.39 is 0 Å². The molecular weight excluding hydrogens is 300 g/mol. The first-order chi connectivity index (χ1) is 10.6. The van der Waals surface area contributed by atoms with Crippen molar-refractivity contribution in [1.29, 1.82) is 0 Å². The lowest BCUT2D eigenvalue weighted by Gasteiger charge is -2.15. The Balaban J connectivity index is 1.58. The molecule has 1 aromatic heterocycles. The van der Waals surface area contributed by atoms with Crippen LogP contribution < -0.4 is 5.32 Å². The monoisotopic (exact) mass is 322 g/mol. The number of nitrogens with zero attached hydrogens (tertiary/aromatic N) is 1. The fourth-order valence-corrected chi connectivity index (χ4v) is 3.30. The van der Waals surface area contributed by atoms with Crippen molar-refractivity contribution in [2.75, 3.05) is 19.6 Å². The Morgan fingerprint density at radius 1 is 1.32 bits per heavy atom. The molecule has 1 N–H and O–H groups in total. The molecule has 0 spiro atoms. The maximum atomic E-state index is 11.9. The zero-order chi connectivity index (χ0) is 15.9. The first kappa shape index (κ1) is 16.7. The largest absolute Gasteiger partial charge is 0.356 e. The molecule has 0 aliphatic carbocycles. The highest BCUT2D eigenvalue weighted by Crippen LogP contribution is 2.17. The number of thiophene rings is 1. The minimum Gasteiger partial charge on any atom is -0.356 e. The number of nitrogens with one attached hydrogen (secondary N) is 1. The Morgan fingerprint density at radius 2 is 2.14 bits per heavy atom. The first-order valence-electron chi connectivity index (χ1n) is 7.70. The van der Waals surface area contributed by atoms with Gasteiger partial charge in [0.05, 0.1) is 4.88 Å². The average Bonchev–Trinajstić information content (AvgIpc) is 3.10. The molecule has 5 nitrogen and oxygen atoms in total. The molecular formula is C16H22N2O3S. The van der Waals surface area contributed by atoms with Gasteiger partial charge in [-0.3, -0.25) is 14.4 Å². The Hall–Kier alpha value is -1.69. The van der Waals surface area contributed by atoms with Gasteiger partial charge in [-0.2, -0.15) is 0 Å². The number of carbonyl (C=O) groups is 3. The highest BCUT2D eigenvalue weighted by Gasteiger charge is 2.19. The van der Waals surface area contributed by atoms with E-state index >= 15 is 0 Å². The van der Waals surface area contributed by atoms with Gasteiger partial charge >= 0.3 is 0 Å². The predicted octanol–water partition coefficient (Wildman–Crippen LogP) is 2.15. The standard InChI is InChI=1S/C16H22N2O3S/c1-12-5-7-14(22-12)13(19)6-8-15(20)17-9-3-11-18-10-2-4-16(18)21/h5,7H,2-4,6,8-11H2,1H3,(H,17,20). The number of likely N-dealkylation sites (tertiary alicyclic amines) is 1. The lowest BCUT2D eigenvalue weighted by Crippen LogP contribution is -2.30. The van der Waals surface area contributed by atoms with Crippen LogP contribution in [0.15, 0.2) is 12.1 Å². The summed E-state index contributed by atoms with van der Waals surface area (Å²) in [6, 6.07) is 3.73. The van der Waals surface area contributed by atoms with Crippen LogP contribution in [-0.2, 0) is 9.59 Å². The maximum Gasteiger partial charge on any atom is 0.222 e. The van der Waals surface area contributed by atoms with E-state index in [-0.39, 0.29) is 30.4 Å². The van der Waals surface area contributed by atoms with E-state index in [1.165, 1.54) is 11.3 Å². The molecule has 0 atom stereocenters. The topological polar surface area (TPSA) is 66.5 Å². The van der Waals surface area contributed by atoms with Crippen LogP contribution in [0.1, 0.15) is 46.7 Å². The zero-order valence-corrected chi connectivity index (χ0v) is 13.7. The summed E-state index contributed by atoms with van der Waals surface area (Å²) in [7, 11) is 0. The summed E-state index contributed by atoms with van der Waals surface area (Å²) < 4.78 is 0. The molecule has 6 heteroatoms. The Labute approximate surface area is 134 Å². The van der Waals surface area contributed by atoms with E-state index in [1.807, 2.05) is 24.0 Å². The molecule has 22 heavy (non-hydrogen) atoms. The number of amides is 2. The highest BCUT2D eigenvalue weighted by atomic mass is 32.1. The van der Waals surface area contributed by atoms with Crippen LogP contribution in [0, 0.1) is 6.92 Å². The second-order valence-corrected chi connectivity index (χ2v) is 6.81. The van der Waals surface area contributed by atoms with Crippen LogP contribution in [0.2, 0.25) is 0 Å². The van der Waals surface area contributed by atoms with Gasteiger partial charge in [0.15, 0.2) is 5.78 Å². The second-order valence-electron chi connectivity index (χ2n) is 5.52. The van der Waals surface area contributed by atoms with Gasteiger partial charge in [-0.1, -0.05) is 0 Å². The van der Waals surface area contributed by atoms with E-state index in [0.29, 0.717) is 19.5 Å². The number of Topliss-reactive ketones (excluding diaryl/α,β-unsaturated/α-hetero) is 1. The van der Waals surface area contributed by atoms with Crippen molar-refractivity contribution in [3.05, 3.63) is 21.9 Å². The van der Waals surface area contributed by atoms with Crippen LogP contribution in [0.4, 0.5) is 0 Å². The minimum absolute atomic E-state index is 0.0240. The van der Waals surface area contributed by atoms with Crippen molar-refractivity contribution >= 4 is 28.9 Å². The number of carbonyl (C=O) groups excluding carboxylic acids is 3. The normalized spacial score (nSPS) is 14.4. The minimum atomic E-state index is -0.102. The molecule has 2 heterocycles. The van der Waals surface area contributed by atoms with E-state index in [2.05, 4.69) is 5.32 Å². The van der Waals surface area contributed by atoms with E-state index in [9.17, 15) is 14.4 Å². The number of hydrogen-bond donors (Lipinski definition) is 1. The summed E-state index contributed by atoms with van der Waals surface area (Å²) in [6.07, 6.45) is 2.82. The average molecular weight is 322 g/mol. The lowest BCUT2D eigenvalue weighted by atomic mass is 10.2. The summed E-state index contributed by atoms with van der Waals surface area (Å²) in [4.78, 5) is 38.7. The lowest BCUT2D eigenvalue weighted by molar-refractivity contribution is -0.127. The molecule has 0 saturated carbocycles. The summed E-state index contributed by atoms with van der Waals surface area (Å²) in [5.74, 6) is 0.133. The van der Waals surface area contributed by atoms with Crippen molar-refractivity contribution < 1.29 is 14.4 Å². The van der Waals surface area contributed by atoms with Gasteiger partial charge in [0, 0.05) is 43.8 Å². The SMILES string of the molecule is Cc1ccc(C(=O)CCC(=O)NCCCN2CCCC2=O)s1. The molecule has 0 unspecified atom stereocenters. The van der Waals surface area contributed by atoms with Crippen LogP contribution in [0.3, 0.4) is 0 Å². The van der Waals surface area contributed by atoms with Gasteiger partial charge < -0.3 is 10.2 Å². The Morgan fingerprint density at radius 3 is 2.77 bits per heavy atom. The molecule has 2 rings (SSSR count). The number of aryl methyl sites for hydroxylation is 1. The van der Waals surface area contributed by atoms with Gasteiger partial charge in [0.2, 0.25) is 11.8 Å². The fraction of sp³-hybridized carbons (Fsp3) is 0.562. The van der Waals surface area contributed by atoms with Crippen LogP contribution in [0.25, 0.3) is 0 Å². The molecule has 1 saturated heterocycles. The van der Waals surface area contributed by atoms with Crippen LogP contribution in [-0.4, -0.2) is 42.1 Å². The van der Waals surface area contributed by atoms with Gasteiger partial charge in [-0.25, -0.2) is 0 Å². The first-order valence-corrected chi connectivity index (χ1v) is 8.52. The number of ketones is 1. The molecule has 1 aromatic rings. The molecule has 2 amide bonds. The van der Waals surface area contributed by atoms with Crippen molar-refractivity contribution in [2.45, 2.75) is 39.0 Å². The third-order valence-electron chi connectivity index (χ3n) is 3.69. The zero-order valence-electron chi connectivity index (χ0n) is 12.9. The molecule has 0 radical (unpaired) electrons. The van der Waals surface area contributed by atoms with Crippen LogP contribution >= 0.6 is 11.3 Å². The van der Waals surface area contributed by atoms with Crippen molar-refractivity contribution in [2.24, 2.45) is 0 Å². The van der Waals surface area contributed by atoms with E-state index in [0.717, 1.165) is 29.1 Å². The third-order valence-corrected chi connectivity index (χ3v) is 4.73. The highest BCUT2D eigenvalue weighted by molar-refractivity contribution is 7.14. The van der Waals surface area contributed by atoms with Crippen molar-refractivity contribution in [1.82, 2.24) is 10.2 Å². The van der Waals surface area contributed by atoms with Gasteiger partial charge in [0.25, 0.3) is 0 Å². The van der Waals surface area contributed by atoms with E-state index in [4.69, 9.17) is 0 Å². The van der Waals surface area contributed by atoms with Crippen molar-refractivity contribution in [3.63, 3.8) is 0 Å². The third kappa shape index (κ3) is 4.94. The maximum absolute atomic E-state index is 11.9.